The van der Waals surface area contributed by atoms with Crippen LogP contribution in [-0.2, 0) is 9.53 Å². The van der Waals surface area contributed by atoms with Crippen LogP contribution in [0, 0.1) is 11.8 Å². The zero-order valence-electron chi connectivity index (χ0n) is 12.9. The van der Waals surface area contributed by atoms with Crippen LogP contribution < -0.4 is 5.32 Å². The Morgan fingerprint density at radius 1 is 1.43 bits per heavy atom. The minimum absolute atomic E-state index is 0.0640. The van der Waals surface area contributed by atoms with Gasteiger partial charge in [-0.3, -0.25) is 9.69 Å². The summed E-state index contributed by atoms with van der Waals surface area (Å²) in [5.41, 5.74) is 0.545. The number of hydrogen-bond donors (Lipinski definition) is 4. The molecule has 0 saturated carbocycles. The van der Waals surface area contributed by atoms with E-state index in [1.54, 1.807) is 6.92 Å². The Morgan fingerprint density at radius 2 is 2.13 bits per heavy atom. The molecule has 4 N–H and O–H groups in total. The number of ether oxygens (including phenoxy) is 1. The van der Waals surface area contributed by atoms with E-state index >= 15 is 0 Å². The van der Waals surface area contributed by atoms with Crippen LogP contribution in [0.15, 0.2) is 11.8 Å². The molecule has 2 aliphatic heterocycles. The fourth-order valence-electron chi connectivity index (χ4n) is 2.37. The molecule has 0 aromatic rings. The van der Waals surface area contributed by atoms with Crippen molar-refractivity contribution in [3.63, 3.8) is 0 Å². The molecule has 2 heterocycles. The first-order chi connectivity index (χ1) is 10.8. The van der Waals surface area contributed by atoms with Gasteiger partial charge in [-0.2, -0.15) is 0 Å². The SMILES string of the molecule is CC(=O)CC#CC1=CN(C2OC(CO)C(O)C2O)C(=O)NC1C. The van der Waals surface area contributed by atoms with Gasteiger partial charge >= 0.3 is 6.03 Å². The fraction of sp³-hybridized carbons (Fsp3) is 0.600. The molecule has 0 spiro atoms. The highest BCUT2D eigenvalue weighted by atomic mass is 16.6. The average molecular weight is 324 g/mol. The molecule has 5 atom stereocenters. The van der Waals surface area contributed by atoms with Crippen LogP contribution in [-0.4, -0.2) is 69.2 Å². The van der Waals surface area contributed by atoms with Gasteiger partial charge in [-0.15, -0.1) is 0 Å². The van der Waals surface area contributed by atoms with Crippen molar-refractivity contribution in [2.24, 2.45) is 0 Å². The number of ketones is 1. The zero-order valence-corrected chi connectivity index (χ0v) is 12.9. The van der Waals surface area contributed by atoms with Crippen LogP contribution in [0.25, 0.3) is 0 Å². The van der Waals surface area contributed by atoms with Crippen molar-refractivity contribution in [1.29, 1.82) is 0 Å². The number of nitrogens with zero attached hydrogens (tertiary/aromatic N) is 1. The summed E-state index contributed by atoms with van der Waals surface area (Å²) in [5, 5.41) is 31.6. The van der Waals surface area contributed by atoms with Crippen molar-refractivity contribution in [3.05, 3.63) is 11.8 Å². The first-order valence-electron chi connectivity index (χ1n) is 7.26. The molecular formula is C15H20N2O6. The van der Waals surface area contributed by atoms with E-state index in [1.807, 2.05) is 0 Å². The quantitative estimate of drug-likeness (QED) is 0.479. The molecule has 0 radical (unpaired) electrons. The molecule has 1 fully saturated rings. The normalized spacial score (nSPS) is 33.6. The standard InChI is InChI=1S/C15H20N2O6/c1-8(19)4-3-5-10-6-17(15(22)16-9(10)2)14-13(21)12(20)11(7-18)23-14/h6,9,11-14,18,20-21H,4,7H2,1-2H3,(H,16,22). The molecule has 5 unspecified atom stereocenters. The number of carbonyl (C=O) groups excluding carboxylic acids is 2. The van der Waals surface area contributed by atoms with E-state index in [4.69, 9.17) is 9.84 Å². The van der Waals surface area contributed by atoms with Crippen LogP contribution in [0.2, 0.25) is 0 Å². The van der Waals surface area contributed by atoms with Gasteiger partial charge < -0.3 is 25.4 Å². The Balaban J connectivity index is 2.22. The van der Waals surface area contributed by atoms with Gasteiger partial charge in [0.1, 0.15) is 24.1 Å². The van der Waals surface area contributed by atoms with Gasteiger partial charge in [-0.25, -0.2) is 4.79 Å². The Labute approximate surface area is 133 Å². The Kier molecular flexibility index (Phi) is 5.38. The Bertz CT molecular complexity index is 578. The molecule has 2 rings (SSSR count). The fourth-order valence-corrected chi connectivity index (χ4v) is 2.37. The molecule has 2 aliphatic rings. The molecule has 8 nitrogen and oxygen atoms in total. The second-order valence-electron chi connectivity index (χ2n) is 5.57. The summed E-state index contributed by atoms with van der Waals surface area (Å²) in [4.78, 5) is 24.1. The third kappa shape index (κ3) is 3.71. The average Bonchev–Trinajstić information content (AvgIpc) is 2.77. The zero-order chi connectivity index (χ0) is 17.1. The summed E-state index contributed by atoms with van der Waals surface area (Å²) in [6.45, 7) is 2.69. The Morgan fingerprint density at radius 3 is 2.70 bits per heavy atom. The van der Waals surface area contributed by atoms with Crippen molar-refractivity contribution < 1.29 is 29.6 Å². The molecular weight excluding hydrogens is 304 g/mol. The maximum Gasteiger partial charge on any atom is 0.324 e. The molecule has 23 heavy (non-hydrogen) atoms. The van der Waals surface area contributed by atoms with Gasteiger partial charge in [-0.1, -0.05) is 11.8 Å². The number of hydrogen-bond acceptors (Lipinski definition) is 6. The number of urea groups is 1. The molecule has 1 saturated heterocycles. The van der Waals surface area contributed by atoms with Gasteiger partial charge in [0, 0.05) is 11.8 Å². The minimum atomic E-state index is -1.35. The lowest BCUT2D eigenvalue weighted by atomic mass is 10.1. The second kappa shape index (κ2) is 7.10. The minimum Gasteiger partial charge on any atom is -0.394 e. The van der Waals surface area contributed by atoms with Gasteiger partial charge in [0.15, 0.2) is 6.23 Å². The predicted molar refractivity (Wildman–Crippen MR) is 78.8 cm³/mol. The lowest BCUT2D eigenvalue weighted by Gasteiger charge is -2.33. The van der Waals surface area contributed by atoms with Crippen LogP contribution in [0.5, 0.6) is 0 Å². The molecule has 0 aromatic heterocycles. The van der Waals surface area contributed by atoms with Gasteiger partial charge in [0.05, 0.1) is 19.1 Å². The largest absolute Gasteiger partial charge is 0.394 e. The van der Waals surface area contributed by atoms with Gasteiger partial charge in [0.25, 0.3) is 0 Å². The summed E-state index contributed by atoms with van der Waals surface area (Å²) in [7, 11) is 0. The molecule has 0 aliphatic carbocycles. The van der Waals surface area contributed by atoms with Gasteiger partial charge in [0.2, 0.25) is 0 Å². The first-order valence-corrected chi connectivity index (χ1v) is 7.26. The highest BCUT2D eigenvalue weighted by molar-refractivity contribution is 5.79. The number of rotatable bonds is 3. The molecule has 0 aromatic carbocycles. The van der Waals surface area contributed by atoms with Crippen molar-refractivity contribution in [2.45, 2.75) is 50.8 Å². The van der Waals surface area contributed by atoms with Crippen LogP contribution >= 0.6 is 0 Å². The number of nitrogens with one attached hydrogen (secondary N) is 1. The van der Waals surface area contributed by atoms with E-state index in [1.165, 1.54) is 13.1 Å². The number of Topliss-reactive ketones (excluding diaryl/α,β-unsaturated/α-hetero) is 1. The number of aliphatic hydroxyl groups excluding tert-OH is 3. The smallest absolute Gasteiger partial charge is 0.324 e. The molecule has 0 bridgehead atoms. The van der Waals surface area contributed by atoms with Crippen LogP contribution in [0.4, 0.5) is 4.79 Å². The van der Waals surface area contributed by atoms with E-state index < -0.39 is 37.2 Å². The predicted octanol–water partition coefficient (Wildman–Crippen LogP) is -1.29. The number of aliphatic hydroxyl groups is 3. The van der Waals surface area contributed by atoms with Gasteiger partial charge in [-0.05, 0) is 13.8 Å². The first kappa shape index (κ1) is 17.4. The Hall–Kier alpha value is -1.92. The number of amides is 2. The maximum absolute atomic E-state index is 12.1. The third-order valence-electron chi connectivity index (χ3n) is 3.68. The van der Waals surface area contributed by atoms with E-state index in [2.05, 4.69) is 17.2 Å². The second-order valence-corrected chi connectivity index (χ2v) is 5.57. The summed E-state index contributed by atoms with van der Waals surface area (Å²) in [5.74, 6) is 5.46. The monoisotopic (exact) mass is 324 g/mol. The van der Waals surface area contributed by atoms with Crippen LogP contribution in [0.1, 0.15) is 20.3 Å². The van der Waals surface area contributed by atoms with E-state index in [0.717, 1.165) is 4.90 Å². The lowest BCUT2D eigenvalue weighted by Crippen LogP contribution is -2.53. The highest BCUT2D eigenvalue weighted by Crippen LogP contribution is 2.26. The van der Waals surface area contributed by atoms with Crippen LogP contribution in [0.3, 0.4) is 0 Å². The van der Waals surface area contributed by atoms with Crippen molar-refractivity contribution in [1.82, 2.24) is 10.2 Å². The summed E-state index contributed by atoms with van der Waals surface area (Å²) in [6.07, 6.45) is -3.21. The van der Waals surface area contributed by atoms with E-state index in [0.29, 0.717) is 5.57 Å². The third-order valence-corrected chi connectivity index (χ3v) is 3.68. The van der Waals surface area contributed by atoms with Crippen molar-refractivity contribution >= 4 is 11.8 Å². The summed E-state index contributed by atoms with van der Waals surface area (Å²) < 4.78 is 5.34. The molecule has 8 heteroatoms. The summed E-state index contributed by atoms with van der Waals surface area (Å²) in [6, 6.07) is -0.861. The molecule has 2 amide bonds. The lowest BCUT2D eigenvalue weighted by molar-refractivity contribution is -0.116. The number of carbonyl (C=O) groups is 2. The molecule has 126 valence electrons. The summed E-state index contributed by atoms with van der Waals surface area (Å²) >= 11 is 0. The van der Waals surface area contributed by atoms with E-state index in [-0.39, 0.29) is 18.2 Å². The van der Waals surface area contributed by atoms with E-state index in [9.17, 15) is 19.8 Å². The van der Waals surface area contributed by atoms with Crippen molar-refractivity contribution in [3.8, 4) is 11.8 Å². The highest BCUT2D eigenvalue weighted by Gasteiger charge is 2.47. The maximum atomic E-state index is 12.1. The van der Waals surface area contributed by atoms with Crippen molar-refractivity contribution in [2.75, 3.05) is 6.61 Å². The topological polar surface area (TPSA) is 119 Å².